The maximum Gasteiger partial charge on any atom is 0.231 e. The molecule has 5 heteroatoms. The lowest BCUT2D eigenvalue weighted by atomic mass is 10.5. The van der Waals surface area contributed by atoms with Crippen LogP contribution in [0.5, 0.6) is 0 Å². The molecule has 0 aliphatic heterocycles. The summed E-state index contributed by atoms with van der Waals surface area (Å²) in [5.41, 5.74) is 1.63. The molecule has 2 aromatic heterocycles. The molecule has 2 heterocycles. The Bertz CT molecular complexity index is 316. The summed E-state index contributed by atoms with van der Waals surface area (Å²) in [6.45, 7) is 0. The smallest absolute Gasteiger partial charge is 0.231 e. The lowest BCUT2D eigenvalue weighted by molar-refractivity contribution is 0.560. The first kappa shape index (κ1) is 7.17. The van der Waals surface area contributed by atoms with E-state index in [9.17, 15) is 0 Å². The standard InChI is InChI=1S/C7H5N3OS/c1-2-6(11-3-1)4-8-7-10-9-5-12-7/h1-5H. The molecule has 0 spiro atoms. The quantitative estimate of drug-likeness (QED) is 0.661. The maximum absolute atomic E-state index is 5.04. The van der Waals surface area contributed by atoms with E-state index in [0.29, 0.717) is 10.9 Å². The van der Waals surface area contributed by atoms with Gasteiger partial charge in [-0.3, -0.25) is 0 Å². The molecule has 60 valence electrons. The molecule has 0 fully saturated rings. The fourth-order valence-electron chi connectivity index (χ4n) is 0.707. The lowest BCUT2D eigenvalue weighted by Gasteiger charge is -1.80. The summed E-state index contributed by atoms with van der Waals surface area (Å²) >= 11 is 1.38. The van der Waals surface area contributed by atoms with Gasteiger partial charge in [-0.1, -0.05) is 11.3 Å². The molecule has 0 atom stereocenters. The van der Waals surface area contributed by atoms with Crippen molar-refractivity contribution in [1.29, 1.82) is 0 Å². The van der Waals surface area contributed by atoms with Crippen molar-refractivity contribution in [3.8, 4) is 0 Å². The molecule has 2 aromatic rings. The van der Waals surface area contributed by atoms with Gasteiger partial charge in [-0.15, -0.1) is 10.2 Å². The van der Waals surface area contributed by atoms with E-state index < -0.39 is 0 Å². The second-order valence-electron chi connectivity index (χ2n) is 1.99. The summed E-state index contributed by atoms with van der Waals surface area (Å²) < 4.78 is 5.04. The molecule has 0 aliphatic carbocycles. The summed E-state index contributed by atoms with van der Waals surface area (Å²) in [4.78, 5) is 4.03. The van der Waals surface area contributed by atoms with E-state index in [1.807, 2.05) is 6.07 Å². The first-order valence-corrected chi connectivity index (χ1v) is 4.17. The fraction of sp³-hybridized carbons (Fsp3) is 0. The van der Waals surface area contributed by atoms with Crippen LogP contribution < -0.4 is 0 Å². The zero-order chi connectivity index (χ0) is 8.23. The van der Waals surface area contributed by atoms with E-state index in [1.165, 1.54) is 11.3 Å². The molecule has 0 bridgehead atoms. The van der Waals surface area contributed by atoms with Gasteiger partial charge in [0.25, 0.3) is 0 Å². The molecule has 2 rings (SSSR count). The molecular formula is C7H5N3OS. The van der Waals surface area contributed by atoms with Crippen LogP contribution in [0.3, 0.4) is 0 Å². The highest BCUT2D eigenvalue weighted by Gasteiger charge is 1.91. The lowest BCUT2D eigenvalue weighted by Crippen LogP contribution is -1.72. The Morgan fingerprint density at radius 3 is 3.25 bits per heavy atom. The van der Waals surface area contributed by atoms with Gasteiger partial charge in [-0.2, -0.15) is 0 Å². The van der Waals surface area contributed by atoms with Crippen molar-refractivity contribution in [3.63, 3.8) is 0 Å². The van der Waals surface area contributed by atoms with E-state index in [1.54, 1.807) is 24.1 Å². The Morgan fingerprint density at radius 2 is 2.58 bits per heavy atom. The van der Waals surface area contributed by atoms with Crippen molar-refractivity contribution < 1.29 is 4.42 Å². The number of aliphatic imine (C=N–C) groups is 1. The highest BCUT2D eigenvalue weighted by atomic mass is 32.1. The molecule has 0 amide bonds. The molecule has 0 unspecified atom stereocenters. The summed E-state index contributed by atoms with van der Waals surface area (Å²) in [7, 11) is 0. The van der Waals surface area contributed by atoms with Crippen molar-refractivity contribution in [1.82, 2.24) is 10.2 Å². The van der Waals surface area contributed by atoms with Gasteiger partial charge in [0, 0.05) is 0 Å². The summed E-state index contributed by atoms with van der Waals surface area (Å²) in [5.74, 6) is 0.713. The van der Waals surface area contributed by atoms with Crippen molar-refractivity contribution in [2.75, 3.05) is 0 Å². The predicted molar refractivity (Wildman–Crippen MR) is 45.9 cm³/mol. The second kappa shape index (κ2) is 3.27. The largest absolute Gasteiger partial charge is 0.463 e. The van der Waals surface area contributed by atoms with E-state index in [4.69, 9.17) is 4.42 Å². The molecule has 0 N–H and O–H groups in total. The van der Waals surface area contributed by atoms with Crippen molar-refractivity contribution in [2.24, 2.45) is 4.99 Å². The highest BCUT2D eigenvalue weighted by molar-refractivity contribution is 7.13. The van der Waals surface area contributed by atoms with Crippen LogP contribution in [0.4, 0.5) is 5.13 Å². The van der Waals surface area contributed by atoms with Crippen LogP contribution in [0.15, 0.2) is 33.3 Å². The fourth-order valence-corrected chi connectivity index (χ4v) is 1.10. The Kier molecular flexibility index (Phi) is 1.96. The number of hydrogen-bond donors (Lipinski definition) is 0. The first-order chi connectivity index (χ1) is 5.95. The van der Waals surface area contributed by atoms with E-state index in [-0.39, 0.29) is 0 Å². The molecule has 0 aliphatic rings. The predicted octanol–water partition coefficient (Wildman–Crippen LogP) is 1.88. The Balaban J connectivity index is 2.14. The maximum atomic E-state index is 5.04. The van der Waals surface area contributed by atoms with E-state index in [0.717, 1.165) is 0 Å². The molecular weight excluding hydrogens is 174 g/mol. The van der Waals surface area contributed by atoms with Gasteiger partial charge >= 0.3 is 0 Å². The molecule has 0 saturated heterocycles. The minimum atomic E-state index is 0.631. The van der Waals surface area contributed by atoms with Crippen LogP contribution in [0.1, 0.15) is 5.76 Å². The topological polar surface area (TPSA) is 51.3 Å². The van der Waals surface area contributed by atoms with Crippen LogP contribution in [-0.2, 0) is 0 Å². The van der Waals surface area contributed by atoms with Crippen LogP contribution in [0.25, 0.3) is 0 Å². The molecule has 0 saturated carbocycles. The van der Waals surface area contributed by atoms with Gasteiger partial charge in [0.1, 0.15) is 11.3 Å². The molecule has 0 aromatic carbocycles. The molecule has 12 heavy (non-hydrogen) atoms. The van der Waals surface area contributed by atoms with Gasteiger partial charge in [0.05, 0.1) is 12.5 Å². The van der Waals surface area contributed by atoms with Gasteiger partial charge < -0.3 is 4.42 Å². The number of aromatic nitrogens is 2. The third kappa shape index (κ3) is 1.57. The number of furan rings is 1. The van der Waals surface area contributed by atoms with E-state index >= 15 is 0 Å². The van der Waals surface area contributed by atoms with Crippen LogP contribution in [0.2, 0.25) is 0 Å². The summed E-state index contributed by atoms with van der Waals surface area (Å²) in [6, 6.07) is 3.63. The third-order valence-electron chi connectivity index (χ3n) is 1.19. The normalized spacial score (nSPS) is 11.0. The minimum absolute atomic E-state index is 0.631. The Labute approximate surface area is 72.6 Å². The third-order valence-corrected chi connectivity index (χ3v) is 1.79. The summed E-state index contributed by atoms with van der Waals surface area (Å²) in [5, 5.41) is 8.02. The minimum Gasteiger partial charge on any atom is -0.463 e. The molecule has 4 nitrogen and oxygen atoms in total. The van der Waals surface area contributed by atoms with Crippen molar-refractivity contribution in [3.05, 3.63) is 29.7 Å². The van der Waals surface area contributed by atoms with Gasteiger partial charge in [0.2, 0.25) is 5.13 Å². The number of rotatable bonds is 2. The SMILES string of the molecule is C(=Nc1nncs1)c1ccco1. The summed E-state index contributed by atoms with van der Waals surface area (Å²) in [6.07, 6.45) is 3.21. The zero-order valence-corrected chi connectivity index (χ0v) is 6.86. The van der Waals surface area contributed by atoms with Gasteiger partial charge in [-0.25, -0.2) is 4.99 Å². The van der Waals surface area contributed by atoms with Crippen LogP contribution in [-0.4, -0.2) is 16.4 Å². The van der Waals surface area contributed by atoms with Gasteiger partial charge in [-0.05, 0) is 12.1 Å². The van der Waals surface area contributed by atoms with Crippen LogP contribution >= 0.6 is 11.3 Å². The molecule has 0 radical (unpaired) electrons. The van der Waals surface area contributed by atoms with Crippen molar-refractivity contribution >= 4 is 22.7 Å². The van der Waals surface area contributed by atoms with Crippen LogP contribution in [0, 0.1) is 0 Å². The van der Waals surface area contributed by atoms with Gasteiger partial charge in [0.15, 0.2) is 0 Å². The average molecular weight is 179 g/mol. The number of nitrogens with zero attached hydrogens (tertiary/aromatic N) is 3. The monoisotopic (exact) mass is 179 g/mol. The number of hydrogen-bond acceptors (Lipinski definition) is 5. The average Bonchev–Trinajstić information content (AvgIpc) is 2.74. The first-order valence-electron chi connectivity index (χ1n) is 3.29. The Hall–Kier alpha value is -1.49. The Morgan fingerprint density at radius 1 is 1.58 bits per heavy atom. The van der Waals surface area contributed by atoms with Crippen molar-refractivity contribution in [2.45, 2.75) is 0 Å². The van der Waals surface area contributed by atoms with E-state index in [2.05, 4.69) is 15.2 Å². The highest BCUT2D eigenvalue weighted by Crippen LogP contribution is 2.12. The zero-order valence-electron chi connectivity index (χ0n) is 6.04. The second-order valence-corrected chi connectivity index (χ2v) is 2.81.